The summed E-state index contributed by atoms with van der Waals surface area (Å²) in [5.41, 5.74) is 9.01. The first-order chi connectivity index (χ1) is 11.5. The van der Waals surface area contributed by atoms with E-state index < -0.39 is 11.9 Å². The van der Waals surface area contributed by atoms with Crippen LogP contribution in [-0.2, 0) is 17.8 Å². The molecule has 1 aromatic heterocycles. The molecular weight excluding hydrogens is 351 g/mol. The van der Waals surface area contributed by atoms with Crippen LogP contribution in [-0.4, -0.2) is 26.7 Å². The highest BCUT2D eigenvalue weighted by molar-refractivity contribution is 6.42. The number of hydrogen-bond acceptors (Lipinski definition) is 4. The van der Waals surface area contributed by atoms with E-state index in [1.54, 1.807) is 11.5 Å². The van der Waals surface area contributed by atoms with E-state index >= 15 is 0 Å². The van der Waals surface area contributed by atoms with Crippen LogP contribution in [0.4, 0.5) is 0 Å². The van der Waals surface area contributed by atoms with Crippen molar-refractivity contribution < 1.29 is 10.0 Å². The molecule has 0 spiro atoms. The number of aryl methyl sites for hydroxylation is 2. The molecule has 0 aliphatic heterocycles. The average Bonchev–Trinajstić information content (AvgIpc) is 2.89. The molecule has 24 heavy (non-hydrogen) atoms. The first-order valence-corrected chi connectivity index (χ1v) is 8.77. The molecule has 0 saturated heterocycles. The maximum atomic E-state index is 11.3. The lowest BCUT2D eigenvalue weighted by molar-refractivity contribution is -0.130. The van der Waals surface area contributed by atoms with Crippen molar-refractivity contribution in [3.05, 3.63) is 28.0 Å². The van der Waals surface area contributed by atoms with Crippen molar-refractivity contribution in [1.82, 2.24) is 15.0 Å². The molecule has 2 aromatic rings. The van der Waals surface area contributed by atoms with E-state index in [2.05, 4.69) is 16.5 Å². The highest BCUT2D eigenvalue weighted by Gasteiger charge is 2.17. The lowest BCUT2D eigenvalue weighted by atomic mass is 10.1. The van der Waals surface area contributed by atoms with E-state index in [4.69, 9.17) is 34.1 Å². The predicted molar refractivity (Wildman–Crippen MR) is 95.5 cm³/mol. The van der Waals surface area contributed by atoms with Gasteiger partial charge in [-0.1, -0.05) is 43.0 Å². The first-order valence-electron chi connectivity index (χ1n) is 8.01. The summed E-state index contributed by atoms with van der Waals surface area (Å²) < 4.78 is 2.11. The van der Waals surface area contributed by atoms with Gasteiger partial charge in [-0.2, -0.15) is 0 Å². The van der Waals surface area contributed by atoms with E-state index in [1.807, 2.05) is 6.07 Å². The number of hydrogen-bond donors (Lipinski definition) is 3. The molecule has 0 fully saturated rings. The van der Waals surface area contributed by atoms with Gasteiger partial charge >= 0.3 is 0 Å². The number of unbranched alkanes of at least 4 members (excludes halogenated alkanes) is 2. The second kappa shape index (κ2) is 8.67. The number of imidazole rings is 1. The number of hydroxylamine groups is 1. The minimum absolute atomic E-state index is 0.380. The van der Waals surface area contributed by atoms with Crippen LogP contribution >= 0.6 is 23.2 Å². The van der Waals surface area contributed by atoms with Crippen molar-refractivity contribution >= 4 is 40.1 Å². The molecule has 0 radical (unpaired) electrons. The Hall–Kier alpha value is -1.34. The largest absolute Gasteiger partial charge is 0.328 e. The normalized spacial score (nSPS) is 12.5. The van der Waals surface area contributed by atoms with E-state index in [9.17, 15) is 4.79 Å². The Labute approximate surface area is 150 Å². The second-order valence-corrected chi connectivity index (χ2v) is 6.58. The third kappa shape index (κ3) is 4.39. The highest BCUT2D eigenvalue weighted by atomic mass is 35.5. The zero-order valence-corrected chi connectivity index (χ0v) is 15.1. The van der Waals surface area contributed by atoms with Gasteiger partial charge in [-0.05, 0) is 25.0 Å². The Kier molecular flexibility index (Phi) is 6.86. The number of amides is 1. The number of benzene rings is 1. The number of carbonyl (C=O) groups is 1. The van der Waals surface area contributed by atoms with Crippen LogP contribution < -0.4 is 11.2 Å². The topological polar surface area (TPSA) is 93.2 Å². The standard InChI is InChI=1S/C16H22Cl2N4O2/c1-2-3-4-7-22-14-9-11(18)10(17)8-13(14)20-15(22)6-5-12(19)16(23)21-24/h8-9,12,24H,2-7,19H2,1H3,(H,21,23). The van der Waals surface area contributed by atoms with Gasteiger partial charge in [0, 0.05) is 13.0 Å². The number of nitrogens with one attached hydrogen (secondary N) is 1. The van der Waals surface area contributed by atoms with Gasteiger partial charge in [0.2, 0.25) is 0 Å². The highest BCUT2D eigenvalue weighted by Crippen LogP contribution is 2.29. The number of fused-ring (bicyclic) bond motifs is 1. The number of carbonyl (C=O) groups excluding carboxylic acids is 1. The van der Waals surface area contributed by atoms with Crippen LogP contribution in [0.25, 0.3) is 11.0 Å². The first kappa shape index (κ1) is 19.0. The molecule has 132 valence electrons. The average molecular weight is 373 g/mol. The van der Waals surface area contributed by atoms with Crippen molar-refractivity contribution in [3.8, 4) is 0 Å². The molecule has 0 bridgehead atoms. The lowest BCUT2D eigenvalue weighted by Crippen LogP contribution is -2.39. The van der Waals surface area contributed by atoms with E-state index in [1.165, 1.54) is 0 Å². The predicted octanol–water partition coefficient (Wildman–Crippen LogP) is 3.30. The van der Waals surface area contributed by atoms with E-state index in [0.29, 0.717) is 22.9 Å². The molecule has 6 nitrogen and oxygen atoms in total. The number of aromatic nitrogens is 2. The Morgan fingerprint density at radius 3 is 2.75 bits per heavy atom. The minimum Gasteiger partial charge on any atom is -0.328 e. The number of nitrogens with zero attached hydrogens (tertiary/aromatic N) is 2. The van der Waals surface area contributed by atoms with Crippen LogP contribution in [0.3, 0.4) is 0 Å². The molecule has 2 rings (SSSR count). The molecule has 4 N–H and O–H groups in total. The number of halogens is 2. The third-order valence-electron chi connectivity index (χ3n) is 3.98. The molecule has 1 amide bonds. The van der Waals surface area contributed by atoms with Gasteiger partial charge in [0.25, 0.3) is 5.91 Å². The SMILES string of the molecule is CCCCCn1c(CCC(N)C(=O)NO)nc2cc(Cl)c(Cl)cc21. The van der Waals surface area contributed by atoms with Crippen LogP contribution in [0.2, 0.25) is 10.0 Å². The van der Waals surface area contributed by atoms with Gasteiger partial charge in [-0.3, -0.25) is 10.0 Å². The van der Waals surface area contributed by atoms with Crippen molar-refractivity contribution in [2.75, 3.05) is 0 Å². The summed E-state index contributed by atoms with van der Waals surface area (Å²) >= 11 is 12.2. The van der Waals surface area contributed by atoms with Crippen LogP contribution in [0.5, 0.6) is 0 Å². The molecule has 1 heterocycles. The van der Waals surface area contributed by atoms with Gasteiger partial charge in [0.1, 0.15) is 5.82 Å². The maximum Gasteiger partial charge on any atom is 0.260 e. The van der Waals surface area contributed by atoms with E-state index in [-0.39, 0.29) is 0 Å². The molecule has 0 aliphatic carbocycles. The molecule has 1 aromatic carbocycles. The van der Waals surface area contributed by atoms with Crippen molar-refractivity contribution in [1.29, 1.82) is 0 Å². The Morgan fingerprint density at radius 1 is 1.38 bits per heavy atom. The quantitative estimate of drug-likeness (QED) is 0.376. The fourth-order valence-electron chi connectivity index (χ4n) is 2.63. The summed E-state index contributed by atoms with van der Waals surface area (Å²) in [5.74, 6) is 0.232. The van der Waals surface area contributed by atoms with Crippen LogP contribution in [0.1, 0.15) is 38.4 Å². The Morgan fingerprint density at radius 2 is 2.08 bits per heavy atom. The third-order valence-corrected chi connectivity index (χ3v) is 4.70. The van der Waals surface area contributed by atoms with Gasteiger partial charge in [-0.25, -0.2) is 10.5 Å². The van der Waals surface area contributed by atoms with Crippen molar-refractivity contribution in [2.24, 2.45) is 5.73 Å². The number of rotatable bonds is 8. The van der Waals surface area contributed by atoms with Crippen LogP contribution in [0, 0.1) is 0 Å². The Balaban J connectivity index is 2.29. The summed E-state index contributed by atoms with van der Waals surface area (Å²) in [6.07, 6.45) is 4.16. The monoisotopic (exact) mass is 372 g/mol. The van der Waals surface area contributed by atoms with Gasteiger partial charge < -0.3 is 10.3 Å². The molecule has 0 aliphatic rings. The minimum atomic E-state index is -0.786. The summed E-state index contributed by atoms with van der Waals surface area (Å²) in [7, 11) is 0. The van der Waals surface area contributed by atoms with E-state index in [0.717, 1.165) is 42.7 Å². The summed E-state index contributed by atoms with van der Waals surface area (Å²) in [6, 6.07) is 2.78. The Bertz CT molecular complexity index is 718. The molecule has 0 saturated carbocycles. The second-order valence-electron chi connectivity index (χ2n) is 5.76. The van der Waals surface area contributed by atoms with Crippen molar-refractivity contribution in [2.45, 2.75) is 51.6 Å². The molecular formula is C16H22Cl2N4O2. The maximum absolute atomic E-state index is 11.3. The molecule has 1 atom stereocenters. The fraction of sp³-hybridized carbons (Fsp3) is 0.500. The smallest absolute Gasteiger partial charge is 0.260 e. The molecule has 8 heteroatoms. The van der Waals surface area contributed by atoms with Crippen LogP contribution in [0.15, 0.2) is 12.1 Å². The van der Waals surface area contributed by atoms with Crippen molar-refractivity contribution in [3.63, 3.8) is 0 Å². The van der Waals surface area contributed by atoms with Gasteiger partial charge in [-0.15, -0.1) is 0 Å². The zero-order chi connectivity index (χ0) is 17.7. The summed E-state index contributed by atoms with van der Waals surface area (Å²) in [4.78, 5) is 16.0. The zero-order valence-electron chi connectivity index (χ0n) is 13.6. The number of nitrogens with two attached hydrogens (primary N) is 1. The molecule has 1 unspecified atom stereocenters. The lowest BCUT2D eigenvalue weighted by Gasteiger charge is -2.11. The fourth-order valence-corrected chi connectivity index (χ4v) is 2.94. The van der Waals surface area contributed by atoms with Gasteiger partial charge in [0.15, 0.2) is 0 Å². The summed E-state index contributed by atoms with van der Waals surface area (Å²) in [5, 5.41) is 9.60. The summed E-state index contributed by atoms with van der Waals surface area (Å²) in [6.45, 7) is 2.97. The van der Waals surface area contributed by atoms with Gasteiger partial charge in [0.05, 0.1) is 27.1 Å².